The molecule has 0 aromatic heterocycles. The van der Waals surface area contributed by atoms with Crippen molar-refractivity contribution in [3.63, 3.8) is 0 Å². The fourth-order valence-electron chi connectivity index (χ4n) is 0.428. The molecule has 1 radical (unpaired) electrons. The molecule has 5 heteroatoms. The van der Waals surface area contributed by atoms with Gasteiger partial charge in [0.2, 0.25) is 0 Å². The molecule has 0 aliphatic heterocycles. The minimum atomic E-state index is -0.711. The molecule has 0 aliphatic rings. The Balaban J connectivity index is -0.000000143. The van der Waals surface area contributed by atoms with Gasteiger partial charge in [0.05, 0.1) is 0 Å². The van der Waals surface area contributed by atoms with Crippen molar-refractivity contribution >= 4 is 11.9 Å². The van der Waals surface area contributed by atoms with Crippen molar-refractivity contribution in [1.82, 2.24) is 0 Å². The average molecular weight is 235 g/mol. The zero-order chi connectivity index (χ0) is 9.98. The number of carbonyl (C=O) groups is 2. The minimum Gasteiger partial charge on any atom is -0.481 e. The van der Waals surface area contributed by atoms with Gasteiger partial charge in [-0.05, 0) is 12.8 Å². The van der Waals surface area contributed by atoms with Gasteiger partial charge in [0, 0.05) is 29.6 Å². The molecule has 0 rings (SSSR count). The van der Waals surface area contributed by atoms with E-state index in [0.29, 0.717) is 12.8 Å². The van der Waals surface area contributed by atoms with E-state index in [-0.39, 0.29) is 16.8 Å². The fourth-order valence-corrected chi connectivity index (χ4v) is 0.428. The van der Waals surface area contributed by atoms with Crippen LogP contribution < -0.4 is 0 Å². The number of carboxylic acids is 2. The van der Waals surface area contributed by atoms with E-state index in [4.69, 9.17) is 10.2 Å². The summed E-state index contributed by atoms with van der Waals surface area (Å²) in [6.45, 7) is 3.68. The van der Waals surface area contributed by atoms with Gasteiger partial charge in [0.1, 0.15) is 0 Å². The first-order valence-corrected chi connectivity index (χ1v) is 3.98. The van der Waals surface area contributed by atoms with Crippen molar-refractivity contribution in [1.29, 1.82) is 0 Å². The van der Waals surface area contributed by atoms with E-state index in [1.165, 1.54) is 0 Å². The third-order valence-corrected chi connectivity index (χ3v) is 0.928. The summed E-state index contributed by atoms with van der Waals surface area (Å²) in [5.41, 5.74) is 0. The van der Waals surface area contributed by atoms with Crippen LogP contribution in [0.25, 0.3) is 0 Å². The van der Waals surface area contributed by atoms with Gasteiger partial charge in [-0.15, -0.1) is 0 Å². The Labute approximate surface area is 88.5 Å². The van der Waals surface area contributed by atoms with Crippen LogP contribution in [0.15, 0.2) is 0 Å². The molecule has 0 aromatic carbocycles. The second-order valence-corrected chi connectivity index (χ2v) is 2.29. The SMILES string of the molecule is CCCC(=O)O.CCCC(=O)O.[Co]. The summed E-state index contributed by atoms with van der Waals surface area (Å²) >= 11 is 0. The molecular weight excluding hydrogens is 219 g/mol. The van der Waals surface area contributed by atoms with E-state index in [1.54, 1.807) is 0 Å². The molecule has 4 nitrogen and oxygen atoms in total. The maximum atomic E-state index is 9.60. The van der Waals surface area contributed by atoms with Crippen LogP contribution in [-0.2, 0) is 26.4 Å². The largest absolute Gasteiger partial charge is 0.481 e. The first-order chi connectivity index (χ1) is 5.54. The van der Waals surface area contributed by atoms with Gasteiger partial charge in [-0.3, -0.25) is 9.59 Å². The van der Waals surface area contributed by atoms with E-state index in [2.05, 4.69) is 0 Å². The van der Waals surface area contributed by atoms with Crippen LogP contribution in [0.4, 0.5) is 0 Å². The molecule has 0 aliphatic carbocycles. The van der Waals surface area contributed by atoms with E-state index in [1.807, 2.05) is 13.8 Å². The van der Waals surface area contributed by atoms with Gasteiger partial charge < -0.3 is 10.2 Å². The topological polar surface area (TPSA) is 74.6 Å². The minimum absolute atomic E-state index is 0. The third-order valence-electron chi connectivity index (χ3n) is 0.928. The molecule has 0 bridgehead atoms. The van der Waals surface area contributed by atoms with Crippen molar-refractivity contribution in [2.24, 2.45) is 0 Å². The van der Waals surface area contributed by atoms with Crippen molar-refractivity contribution in [2.75, 3.05) is 0 Å². The molecule has 2 N–H and O–H groups in total. The molecule has 0 aromatic rings. The Kier molecular flexibility index (Phi) is 19.7. The van der Waals surface area contributed by atoms with Gasteiger partial charge in [-0.1, -0.05) is 13.8 Å². The molecule has 0 fully saturated rings. The van der Waals surface area contributed by atoms with Crippen LogP contribution >= 0.6 is 0 Å². The first kappa shape index (κ1) is 18.3. The summed E-state index contributed by atoms with van der Waals surface area (Å²) in [5.74, 6) is -1.42. The predicted octanol–water partition coefficient (Wildman–Crippen LogP) is 1.74. The molecular formula is C8H16CoO4. The number of rotatable bonds is 4. The van der Waals surface area contributed by atoms with Crippen molar-refractivity contribution in [3.05, 3.63) is 0 Å². The standard InChI is InChI=1S/2C4H8O2.Co/c2*1-2-3-4(5)6;/h2*2-3H2,1H3,(H,5,6);. The molecule has 13 heavy (non-hydrogen) atoms. The maximum Gasteiger partial charge on any atom is 0.303 e. The summed E-state index contributed by atoms with van der Waals surface area (Å²) in [6.07, 6.45) is 2.05. The normalized spacial score (nSPS) is 7.54. The third kappa shape index (κ3) is 34.4. The second kappa shape index (κ2) is 14.0. The van der Waals surface area contributed by atoms with Crippen molar-refractivity contribution in [3.8, 4) is 0 Å². The molecule has 0 saturated carbocycles. The van der Waals surface area contributed by atoms with Gasteiger partial charge in [-0.25, -0.2) is 0 Å². The Morgan fingerprint density at radius 1 is 0.923 bits per heavy atom. The van der Waals surface area contributed by atoms with Crippen molar-refractivity contribution < 1.29 is 36.6 Å². The zero-order valence-electron chi connectivity index (χ0n) is 7.87. The molecule has 0 unspecified atom stereocenters. The second-order valence-electron chi connectivity index (χ2n) is 2.29. The summed E-state index contributed by atoms with van der Waals surface area (Å²) in [6, 6.07) is 0. The Morgan fingerprint density at radius 3 is 1.15 bits per heavy atom. The smallest absolute Gasteiger partial charge is 0.303 e. The predicted molar refractivity (Wildman–Crippen MR) is 45.1 cm³/mol. The van der Waals surface area contributed by atoms with Crippen LogP contribution in [0, 0.1) is 0 Å². The molecule has 0 heterocycles. The molecule has 81 valence electrons. The number of aliphatic carboxylic acids is 2. The molecule has 0 saturated heterocycles. The van der Waals surface area contributed by atoms with Crippen LogP contribution in [0.3, 0.4) is 0 Å². The van der Waals surface area contributed by atoms with E-state index in [9.17, 15) is 9.59 Å². The van der Waals surface area contributed by atoms with E-state index in [0.717, 1.165) is 12.8 Å². The Bertz CT molecular complexity index is 120. The molecule has 0 amide bonds. The maximum absolute atomic E-state index is 9.60. The fraction of sp³-hybridized carbons (Fsp3) is 0.750. The number of carboxylic acid groups (broad SMARTS) is 2. The van der Waals surface area contributed by atoms with Gasteiger partial charge >= 0.3 is 11.9 Å². The zero-order valence-corrected chi connectivity index (χ0v) is 8.91. The summed E-state index contributed by atoms with van der Waals surface area (Å²) in [4.78, 5) is 19.2. The van der Waals surface area contributed by atoms with Crippen LogP contribution in [-0.4, -0.2) is 22.2 Å². The summed E-state index contributed by atoms with van der Waals surface area (Å²) < 4.78 is 0. The molecule has 0 spiro atoms. The first-order valence-electron chi connectivity index (χ1n) is 3.98. The van der Waals surface area contributed by atoms with Crippen molar-refractivity contribution in [2.45, 2.75) is 39.5 Å². The average Bonchev–Trinajstić information content (AvgIpc) is 1.87. The molecule has 0 atom stereocenters. The van der Waals surface area contributed by atoms with Crippen LogP contribution in [0.1, 0.15) is 39.5 Å². The number of hydrogen-bond donors (Lipinski definition) is 2. The van der Waals surface area contributed by atoms with Gasteiger partial charge in [0.25, 0.3) is 0 Å². The Hall–Kier alpha value is -0.554. The van der Waals surface area contributed by atoms with Crippen LogP contribution in [0.5, 0.6) is 0 Å². The van der Waals surface area contributed by atoms with E-state index < -0.39 is 11.9 Å². The van der Waals surface area contributed by atoms with Gasteiger partial charge in [0.15, 0.2) is 0 Å². The summed E-state index contributed by atoms with van der Waals surface area (Å²) in [7, 11) is 0. The Morgan fingerprint density at radius 2 is 1.15 bits per heavy atom. The quantitative estimate of drug-likeness (QED) is 0.778. The number of hydrogen-bond acceptors (Lipinski definition) is 2. The van der Waals surface area contributed by atoms with Crippen LogP contribution in [0.2, 0.25) is 0 Å². The van der Waals surface area contributed by atoms with E-state index >= 15 is 0 Å². The monoisotopic (exact) mass is 235 g/mol. The van der Waals surface area contributed by atoms with Gasteiger partial charge in [-0.2, -0.15) is 0 Å². The summed E-state index contributed by atoms with van der Waals surface area (Å²) in [5, 5.41) is 15.8.